The van der Waals surface area contributed by atoms with E-state index in [-0.39, 0.29) is 0 Å². The van der Waals surface area contributed by atoms with E-state index in [9.17, 15) is 0 Å². The Bertz CT molecular complexity index is 599. The maximum Gasteiger partial charge on any atom is 0.147 e. The summed E-state index contributed by atoms with van der Waals surface area (Å²) in [6.07, 6.45) is 1.66. The molecule has 0 bridgehead atoms. The van der Waals surface area contributed by atoms with E-state index >= 15 is 0 Å². The lowest BCUT2D eigenvalue weighted by Gasteiger charge is -2.07. The van der Waals surface area contributed by atoms with Crippen LogP contribution in [0.25, 0.3) is 10.2 Å². The first kappa shape index (κ1) is 11.9. The Balaban J connectivity index is 1.98. The molecule has 1 N–H and O–H groups in total. The van der Waals surface area contributed by atoms with Crippen LogP contribution in [0, 0.1) is 17.8 Å². The molecule has 0 aromatic carbocycles. The van der Waals surface area contributed by atoms with Gasteiger partial charge < -0.3 is 5.32 Å². The largest absolute Gasteiger partial charge is 0.365 e. The van der Waals surface area contributed by atoms with Crippen molar-refractivity contribution in [1.29, 1.82) is 0 Å². The summed E-state index contributed by atoms with van der Waals surface area (Å²) in [6.45, 7) is 11.3. The zero-order valence-corrected chi connectivity index (χ0v) is 12.4. The fraction of sp³-hybridized carbons (Fsp3) is 0.571. The highest BCUT2D eigenvalue weighted by Gasteiger charge is 2.65. The van der Waals surface area contributed by atoms with Crippen molar-refractivity contribution in [2.24, 2.45) is 10.8 Å². The molecule has 2 heterocycles. The Hall–Kier alpha value is -1.16. The minimum absolute atomic E-state index is 0.316. The molecule has 0 aliphatic heterocycles. The van der Waals surface area contributed by atoms with E-state index in [2.05, 4.69) is 55.3 Å². The van der Waals surface area contributed by atoms with Gasteiger partial charge in [-0.1, -0.05) is 27.7 Å². The van der Waals surface area contributed by atoms with Crippen LogP contribution in [-0.4, -0.2) is 16.0 Å². The summed E-state index contributed by atoms with van der Waals surface area (Å²) < 4.78 is 1.17. The fourth-order valence-electron chi connectivity index (χ4n) is 2.77. The highest BCUT2D eigenvalue weighted by molar-refractivity contribution is 7.18. The zero-order chi connectivity index (χ0) is 13.1. The van der Waals surface area contributed by atoms with Crippen molar-refractivity contribution >= 4 is 27.4 Å². The molecule has 18 heavy (non-hydrogen) atoms. The SMILES string of the molecule is Cc1csc2c(NC3C(C)(C)C3(C)C)ncnc12. The van der Waals surface area contributed by atoms with E-state index in [0.29, 0.717) is 16.9 Å². The van der Waals surface area contributed by atoms with Gasteiger partial charge in [0, 0.05) is 6.04 Å². The van der Waals surface area contributed by atoms with Crippen LogP contribution in [-0.2, 0) is 0 Å². The summed E-state index contributed by atoms with van der Waals surface area (Å²) in [5.41, 5.74) is 2.94. The molecular formula is C14H19N3S. The van der Waals surface area contributed by atoms with Gasteiger partial charge >= 0.3 is 0 Å². The highest BCUT2D eigenvalue weighted by atomic mass is 32.1. The monoisotopic (exact) mass is 261 g/mol. The Morgan fingerprint density at radius 3 is 2.44 bits per heavy atom. The first-order chi connectivity index (χ1) is 8.35. The normalized spacial score (nSPS) is 21.2. The fourth-order valence-corrected chi connectivity index (χ4v) is 3.72. The zero-order valence-electron chi connectivity index (χ0n) is 11.5. The van der Waals surface area contributed by atoms with E-state index in [1.54, 1.807) is 17.7 Å². The second-order valence-electron chi connectivity index (χ2n) is 6.34. The van der Waals surface area contributed by atoms with Crippen LogP contribution < -0.4 is 5.32 Å². The van der Waals surface area contributed by atoms with Gasteiger partial charge in [0.15, 0.2) is 0 Å². The van der Waals surface area contributed by atoms with Gasteiger partial charge in [-0.05, 0) is 28.7 Å². The molecule has 0 spiro atoms. The van der Waals surface area contributed by atoms with Gasteiger partial charge in [-0.15, -0.1) is 11.3 Å². The Morgan fingerprint density at radius 1 is 1.17 bits per heavy atom. The Labute approximate surface area is 112 Å². The molecule has 2 aromatic rings. The number of fused-ring (bicyclic) bond motifs is 1. The Kier molecular flexibility index (Phi) is 2.28. The van der Waals surface area contributed by atoms with E-state index in [4.69, 9.17) is 0 Å². The van der Waals surface area contributed by atoms with Crippen molar-refractivity contribution in [3.05, 3.63) is 17.3 Å². The number of nitrogens with one attached hydrogen (secondary N) is 1. The van der Waals surface area contributed by atoms with Crippen LogP contribution in [0.5, 0.6) is 0 Å². The molecule has 0 amide bonds. The van der Waals surface area contributed by atoms with E-state index in [1.165, 1.54) is 10.3 Å². The van der Waals surface area contributed by atoms with Crippen molar-refractivity contribution in [3.8, 4) is 0 Å². The van der Waals surface area contributed by atoms with Gasteiger partial charge in [0.25, 0.3) is 0 Å². The number of rotatable bonds is 2. The maximum atomic E-state index is 4.42. The van der Waals surface area contributed by atoms with Crippen molar-refractivity contribution in [3.63, 3.8) is 0 Å². The van der Waals surface area contributed by atoms with Gasteiger partial charge in [0.1, 0.15) is 12.1 Å². The molecule has 3 rings (SSSR count). The van der Waals surface area contributed by atoms with Crippen molar-refractivity contribution < 1.29 is 0 Å². The second kappa shape index (κ2) is 3.44. The van der Waals surface area contributed by atoms with E-state index in [1.807, 2.05) is 0 Å². The molecule has 1 saturated carbocycles. The average molecular weight is 261 g/mol. The van der Waals surface area contributed by atoms with Crippen LogP contribution in [0.3, 0.4) is 0 Å². The number of anilines is 1. The van der Waals surface area contributed by atoms with Crippen molar-refractivity contribution in [1.82, 2.24) is 9.97 Å². The van der Waals surface area contributed by atoms with Gasteiger partial charge in [-0.2, -0.15) is 0 Å². The molecule has 0 atom stereocenters. The first-order valence-electron chi connectivity index (χ1n) is 6.31. The molecule has 0 unspecified atom stereocenters. The van der Waals surface area contributed by atoms with Gasteiger partial charge in [0.2, 0.25) is 0 Å². The lowest BCUT2D eigenvalue weighted by molar-refractivity contribution is 0.457. The highest BCUT2D eigenvalue weighted by Crippen LogP contribution is 2.63. The van der Waals surface area contributed by atoms with Crippen LogP contribution >= 0.6 is 11.3 Å². The number of hydrogen-bond acceptors (Lipinski definition) is 4. The predicted molar refractivity (Wildman–Crippen MR) is 77.1 cm³/mol. The summed E-state index contributed by atoms with van der Waals surface area (Å²) in [7, 11) is 0. The summed E-state index contributed by atoms with van der Waals surface area (Å²) in [6, 6.07) is 0.477. The molecule has 0 radical (unpaired) electrons. The van der Waals surface area contributed by atoms with Crippen LogP contribution in [0.1, 0.15) is 33.3 Å². The van der Waals surface area contributed by atoms with Crippen LogP contribution in [0.15, 0.2) is 11.7 Å². The molecular weight excluding hydrogens is 242 g/mol. The number of aryl methyl sites for hydroxylation is 1. The summed E-state index contributed by atoms with van der Waals surface area (Å²) in [5.74, 6) is 0.988. The molecule has 2 aromatic heterocycles. The average Bonchev–Trinajstić information content (AvgIpc) is 2.64. The third-order valence-electron chi connectivity index (χ3n) is 4.83. The van der Waals surface area contributed by atoms with Crippen molar-refractivity contribution in [2.75, 3.05) is 5.32 Å². The molecule has 1 fully saturated rings. The molecule has 1 aliphatic carbocycles. The number of thiophene rings is 1. The number of hydrogen-bond donors (Lipinski definition) is 1. The lowest BCUT2D eigenvalue weighted by atomic mass is 10.0. The standard InChI is InChI=1S/C14H19N3S/c1-8-6-18-10-9(8)15-7-16-11(10)17-12-13(2,3)14(12,4)5/h6-7,12H,1-5H3,(H,15,16,17). The van der Waals surface area contributed by atoms with Gasteiger partial charge in [-0.3, -0.25) is 0 Å². The maximum absolute atomic E-state index is 4.42. The number of aromatic nitrogens is 2. The van der Waals surface area contributed by atoms with Gasteiger partial charge in [0.05, 0.1) is 10.2 Å². The third kappa shape index (κ3) is 1.41. The minimum atomic E-state index is 0.316. The summed E-state index contributed by atoms with van der Waals surface area (Å²) >= 11 is 1.72. The molecule has 0 saturated heterocycles. The molecule has 4 heteroatoms. The smallest absolute Gasteiger partial charge is 0.147 e. The van der Waals surface area contributed by atoms with Crippen LogP contribution in [0.4, 0.5) is 5.82 Å². The minimum Gasteiger partial charge on any atom is -0.365 e. The Morgan fingerprint density at radius 2 is 1.83 bits per heavy atom. The second-order valence-corrected chi connectivity index (χ2v) is 7.22. The third-order valence-corrected chi connectivity index (χ3v) is 5.93. The molecule has 3 nitrogen and oxygen atoms in total. The first-order valence-corrected chi connectivity index (χ1v) is 7.19. The van der Waals surface area contributed by atoms with E-state index in [0.717, 1.165) is 11.3 Å². The summed E-state index contributed by atoms with van der Waals surface area (Å²) in [4.78, 5) is 8.78. The quantitative estimate of drug-likeness (QED) is 0.892. The molecule has 1 aliphatic rings. The van der Waals surface area contributed by atoms with E-state index < -0.39 is 0 Å². The molecule has 96 valence electrons. The summed E-state index contributed by atoms with van der Waals surface area (Å²) in [5, 5.41) is 5.76. The van der Waals surface area contributed by atoms with Gasteiger partial charge in [-0.25, -0.2) is 9.97 Å². The van der Waals surface area contributed by atoms with Crippen LogP contribution in [0.2, 0.25) is 0 Å². The lowest BCUT2D eigenvalue weighted by Crippen LogP contribution is -2.11. The topological polar surface area (TPSA) is 37.8 Å². The number of nitrogens with zero attached hydrogens (tertiary/aromatic N) is 2. The van der Waals surface area contributed by atoms with Crippen molar-refractivity contribution in [2.45, 2.75) is 40.7 Å². The predicted octanol–water partition coefficient (Wildman–Crippen LogP) is 3.85.